The summed E-state index contributed by atoms with van der Waals surface area (Å²) >= 11 is 13.1. The largest absolute Gasteiger partial charge is 1.00 e. The summed E-state index contributed by atoms with van der Waals surface area (Å²) < 4.78 is 4.09. The van der Waals surface area contributed by atoms with Crippen molar-refractivity contribution in [3.05, 3.63) is 113 Å². The molecular formula is C27H23BrCl2N2. The van der Waals surface area contributed by atoms with Crippen LogP contribution >= 0.6 is 23.2 Å². The number of aromatic nitrogens is 2. The Labute approximate surface area is 208 Å². The number of nitrogens with zero attached hydrogens (tertiary/aromatic N) is 2. The SMILES string of the molecule is Clc1c(Cl)[n+](CCc2cccc3ccccc23)cn1CCc1ccc2ccccc2c1.[Br-]. The Balaban J connectivity index is 0.00000245. The van der Waals surface area contributed by atoms with E-state index in [0.29, 0.717) is 10.3 Å². The fourth-order valence-corrected chi connectivity index (χ4v) is 4.69. The van der Waals surface area contributed by atoms with Crippen molar-refractivity contribution in [2.24, 2.45) is 0 Å². The summed E-state index contributed by atoms with van der Waals surface area (Å²) in [5.74, 6) is 0. The number of benzene rings is 4. The van der Waals surface area contributed by atoms with Gasteiger partial charge in [0.1, 0.15) is 0 Å². The standard InChI is InChI=1S/C27H23Cl2N2.BrH/c28-26-27(29)31(17-15-23-10-5-9-22-7-3-4-11-25(22)23)19-30(26)16-14-20-12-13-21-6-1-2-8-24(21)18-20;/h1-13,18-19H,14-17H2;1H/q+1;/p-1. The summed E-state index contributed by atoms with van der Waals surface area (Å²) in [6, 6.07) is 30.0. The molecule has 0 saturated heterocycles. The van der Waals surface area contributed by atoms with Crippen LogP contribution in [0.25, 0.3) is 21.5 Å². The monoisotopic (exact) mass is 524 g/mol. The Bertz CT molecular complexity index is 1370. The fraction of sp³-hybridized carbons (Fsp3) is 0.148. The van der Waals surface area contributed by atoms with E-state index < -0.39 is 0 Å². The predicted octanol–water partition coefficient (Wildman–Crippen LogP) is 3.88. The van der Waals surface area contributed by atoms with Crippen molar-refractivity contribution >= 4 is 44.7 Å². The maximum atomic E-state index is 6.57. The molecule has 32 heavy (non-hydrogen) atoms. The third-order valence-corrected chi connectivity index (χ3v) is 6.80. The van der Waals surface area contributed by atoms with E-state index in [2.05, 4.69) is 84.9 Å². The molecule has 5 rings (SSSR count). The highest BCUT2D eigenvalue weighted by molar-refractivity contribution is 6.39. The maximum Gasteiger partial charge on any atom is 0.255 e. The second-order valence-electron chi connectivity index (χ2n) is 7.90. The Morgan fingerprint density at radius 3 is 2.28 bits per heavy atom. The topological polar surface area (TPSA) is 8.81 Å². The van der Waals surface area contributed by atoms with E-state index in [1.165, 1.54) is 32.7 Å². The van der Waals surface area contributed by atoms with Gasteiger partial charge in [0.25, 0.3) is 10.3 Å². The molecule has 4 aromatic carbocycles. The van der Waals surface area contributed by atoms with Crippen molar-refractivity contribution in [1.82, 2.24) is 4.57 Å². The first-order valence-electron chi connectivity index (χ1n) is 10.6. The lowest BCUT2D eigenvalue weighted by atomic mass is 10.0. The highest BCUT2D eigenvalue weighted by Crippen LogP contribution is 2.22. The Hall–Kier alpha value is -2.33. The van der Waals surface area contributed by atoms with Gasteiger partial charge in [0, 0.05) is 12.8 Å². The molecule has 0 bridgehead atoms. The molecular weight excluding hydrogens is 503 g/mol. The van der Waals surface area contributed by atoms with Crippen LogP contribution in [0.3, 0.4) is 0 Å². The first-order valence-corrected chi connectivity index (χ1v) is 11.3. The average molecular weight is 526 g/mol. The van der Waals surface area contributed by atoms with Gasteiger partial charge in [-0.3, -0.25) is 0 Å². The van der Waals surface area contributed by atoms with Crippen LogP contribution in [0, 0.1) is 0 Å². The molecule has 1 aromatic heterocycles. The Morgan fingerprint density at radius 1 is 0.719 bits per heavy atom. The number of halogens is 3. The van der Waals surface area contributed by atoms with E-state index in [0.717, 1.165) is 25.9 Å². The van der Waals surface area contributed by atoms with Gasteiger partial charge in [0.15, 0.2) is 0 Å². The summed E-state index contributed by atoms with van der Waals surface area (Å²) in [6.07, 6.45) is 3.84. The molecule has 0 aliphatic heterocycles. The van der Waals surface area contributed by atoms with Gasteiger partial charge in [-0.2, -0.15) is 0 Å². The van der Waals surface area contributed by atoms with E-state index in [1.54, 1.807) is 0 Å². The van der Waals surface area contributed by atoms with Crippen molar-refractivity contribution in [3.63, 3.8) is 0 Å². The van der Waals surface area contributed by atoms with E-state index in [1.807, 2.05) is 15.5 Å². The van der Waals surface area contributed by atoms with E-state index in [4.69, 9.17) is 23.2 Å². The summed E-state index contributed by atoms with van der Waals surface area (Å²) in [5, 5.41) is 6.28. The summed E-state index contributed by atoms with van der Waals surface area (Å²) in [4.78, 5) is 0. The molecule has 0 fully saturated rings. The molecule has 0 spiro atoms. The second-order valence-corrected chi connectivity index (χ2v) is 8.62. The van der Waals surface area contributed by atoms with E-state index in [9.17, 15) is 0 Å². The molecule has 0 aliphatic carbocycles. The molecule has 162 valence electrons. The van der Waals surface area contributed by atoms with Gasteiger partial charge in [-0.1, -0.05) is 84.9 Å². The second kappa shape index (κ2) is 10.1. The highest BCUT2D eigenvalue weighted by Gasteiger charge is 2.20. The van der Waals surface area contributed by atoms with Gasteiger partial charge in [-0.05, 0) is 55.9 Å². The van der Waals surface area contributed by atoms with Gasteiger partial charge in [0.05, 0.1) is 13.1 Å². The van der Waals surface area contributed by atoms with Gasteiger partial charge < -0.3 is 17.0 Å². The molecule has 0 saturated carbocycles. The van der Waals surface area contributed by atoms with Crippen LogP contribution < -0.4 is 21.5 Å². The smallest absolute Gasteiger partial charge is 0.255 e. The number of aryl methyl sites for hydroxylation is 4. The molecule has 0 radical (unpaired) electrons. The lowest BCUT2D eigenvalue weighted by molar-refractivity contribution is -0.693. The third-order valence-electron chi connectivity index (χ3n) is 5.91. The van der Waals surface area contributed by atoms with Crippen LogP contribution in [0.15, 0.2) is 91.3 Å². The summed E-state index contributed by atoms with van der Waals surface area (Å²) in [6.45, 7) is 1.58. The summed E-state index contributed by atoms with van der Waals surface area (Å²) in [5.41, 5.74) is 2.61. The van der Waals surface area contributed by atoms with Gasteiger partial charge in [-0.15, -0.1) is 0 Å². The van der Waals surface area contributed by atoms with Gasteiger partial charge in [-0.25, -0.2) is 9.13 Å². The molecule has 0 aliphatic rings. The lowest BCUT2D eigenvalue weighted by Gasteiger charge is -2.05. The van der Waals surface area contributed by atoms with E-state index in [-0.39, 0.29) is 17.0 Å². The zero-order valence-electron chi connectivity index (χ0n) is 17.5. The minimum Gasteiger partial charge on any atom is -1.00 e. The van der Waals surface area contributed by atoms with Crippen molar-refractivity contribution in [2.75, 3.05) is 0 Å². The molecule has 0 atom stereocenters. The van der Waals surface area contributed by atoms with Crippen LogP contribution in [0.4, 0.5) is 0 Å². The number of fused-ring (bicyclic) bond motifs is 2. The Kier molecular flexibility index (Phi) is 7.20. The van der Waals surface area contributed by atoms with Crippen LogP contribution in [-0.4, -0.2) is 4.57 Å². The van der Waals surface area contributed by atoms with Crippen LogP contribution in [0.2, 0.25) is 10.3 Å². The van der Waals surface area contributed by atoms with Crippen molar-refractivity contribution in [2.45, 2.75) is 25.9 Å². The van der Waals surface area contributed by atoms with Gasteiger partial charge >= 0.3 is 0 Å². The van der Waals surface area contributed by atoms with Crippen LogP contribution in [0.1, 0.15) is 11.1 Å². The lowest BCUT2D eigenvalue weighted by Crippen LogP contribution is -3.00. The molecule has 1 heterocycles. The predicted molar refractivity (Wildman–Crippen MR) is 130 cm³/mol. The van der Waals surface area contributed by atoms with Crippen molar-refractivity contribution in [1.29, 1.82) is 0 Å². The Morgan fingerprint density at radius 2 is 1.44 bits per heavy atom. The number of hydrogen-bond donors (Lipinski definition) is 0. The van der Waals surface area contributed by atoms with Gasteiger partial charge in [0.2, 0.25) is 6.33 Å². The highest BCUT2D eigenvalue weighted by atomic mass is 79.9. The summed E-state index contributed by atoms with van der Waals surface area (Å²) in [7, 11) is 0. The number of hydrogen-bond acceptors (Lipinski definition) is 0. The fourth-order valence-electron chi connectivity index (χ4n) is 4.21. The zero-order chi connectivity index (χ0) is 21.2. The first-order chi connectivity index (χ1) is 15.2. The number of imidazole rings is 1. The van der Waals surface area contributed by atoms with E-state index >= 15 is 0 Å². The van der Waals surface area contributed by atoms with Crippen molar-refractivity contribution in [3.8, 4) is 0 Å². The van der Waals surface area contributed by atoms with Crippen molar-refractivity contribution < 1.29 is 21.5 Å². The molecule has 0 unspecified atom stereocenters. The van der Waals surface area contributed by atoms with Crippen LogP contribution in [-0.2, 0) is 25.9 Å². The molecule has 5 aromatic rings. The zero-order valence-corrected chi connectivity index (χ0v) is 20.6. The third kappa shape index (κ3) is 4.71. The average Bonchev–Trinajstić information content (AvgIpc) is 3.09. The molecule has 0 amide bonds. The minimum atomic E-state index is 0. The molecule has 2 nitrogen and oxygen atoms in total. The normalized spacial score (nSPS) is 11.1. The minimum absolute atomic E-state index is 0. The maximum absolute atomic E-state index is 6.57. The van der Waals surface area contributed by atoms with Crippen LogP contribution in [0.5, 0.6) is 0 Å². The quantitative estimate of drug-likeness (QED) is 0.297. The first kappa shape index (κ1) is 22.8. The number of rotatable bonds is 6. The molecule has 5 heteroatoms. The molecule has 0 N–H and O–H groups in total.